The van der Waals surface area contributed by atoms with Crippen molar-refractivity contribution in [2.24, 2.45) is 5.84 Å². The average Bonchev–Trinajstić information content (AvgIpc) is 2.19. The number of nitrogens with zero attached hydrogens (tertiary/aromatic N) is 1. The zero-order chi connectivity index (χ0) is 9.68. The van der Waals surface area contributed by atoms with Crippen molar-refractivity contribution in [2.45, 2.75) is 6.10 Å². The van der Waals surface area contributed by atoms with Crippen LogP contribution in [-0.2, 0) is 4.79 Å². The summed E-state index contributed by atoms with van der Waals surface area (Å²) in [7, 11) is 0. The Morgan fingerprint density at radius 2 is 2.08 bits per heavy atom. The molecule has 0 spiro atoms. The third-order valence-electron chi connectivity index (χ3n) is 1.59. The highest BCUT2D eigenvalue weighted by molar-refractivity contribution is 5.58. The molecule has 0 aliphatic rings. The van der Waals surface area contributed by atoms with Gasteiger partial charge in [0.1, 0.15) is 6.10 Å². The molecule has 1 atom stereocenters. The Kier molecular flexibility index (Phi) is 3.42. The number of nitrogens with two attached hydrogens (primary N) is 1. The highest BCUT2D eigenvalue weighted by Crippen LogP contribution is 2.08. The second-order valence-corrected chi connectivity index (χ2v) is 2.62. The summed E-state index contributed by atoms with van der Waals surface area (Å²) in [4.78, 5) is 10.0. The summed E-state index contributed by atoms with van der Waals surface area (Å²) < 4.78 is 0. The summed E-state index contributed by atoms with van der Waals surface area (Å²) in [6, 6.07) is 9.09. The molecule has 13 heavy (non-hydrogen) atoms. The minimum Gasteiger partial charge on any atom is -0.383 e. The summed E-state index contributed by atoms with van der Waals surface area (Å²) in [5, 5.41) is 10.2. The average molecular weight is 179 g/mol. The molecule has 0 amide bonds. The second-order valence-electron chi connectivity index (χ2n) is 2.62. The number of carbonyl (C=O) groups excluding carboxylic acids is 1. The monoisotopic (exact) mass is 179 g/mol. The first-order chi connectivity index (χ1) is 6.24. The van der Waals surface area contributed by atoms with Gasteiger partial charge >= 0.3 is 0 Å². The maximum Gasteiger partial charge on any atom is 0.231 e. The number of rotatable bonds is 4. The van der Waals surface area contributed by atoms with E-state index in [1.54, 1.807) is 12.1 Å². The molecule has 0 heterocycles. The molecule has 4 nitrogen and oxygen atoms in total. The van der Waals surface area contributed by atoms with E-state index in [2.05, 4.69) is 0 Å². The van der Waals surface area contributed by atoms with Crippen LogP contribution in [0.4, 0.5) is 5.69 Å². The maximum atomic E-state index is 10.0. The zero-order valence-electron chi connectivity index (χ0n) is 7.05. The van der Waals surface area contributed by atoms with E-state index in [4.69, 9.17) is 10.9 Å². The molecule has 0 aromatic heterocycles. The number of anilines is 1. The van der Waals surface area contributed by atoms with Crippen LogP contribution in [0, 0.1) is 0 Å². The summed E-state index contributed by atoms with van der Waals surface area (Å²) in [5.41, 5.74) is 0.747. The van der Waals surface area contributed by atoms with Crippen molar-refractivity contribution in [2.75, 3.05) is 11.6 Å². The molecule has 4 heteroatoms. The van der Waals surface area contributed by atoms with E-state index in [9.17, 15) is 4.79 Å². The maximum absolute atomic E-state index is 10.0. The predicted molar refractivity (Wildman–Crippen MR) is 49.7 cm³/mol. The van der Waals surface area contributed by atoms with E-state index in [-0.39, 0.29) is 6.54 Å². The Balaban J connectivity index is 2.58. The minimum atomic E-state index is -1.16. The van der Waals surface area contributed by atoms with Crippen molar-refractivity contribution in [1.29, 1.82) is 0 Å². The zero-order valence-corrected chi connectivity index (χ0v) is 7.05. The molecule has 3 N–H and O–H groups in total. The van der Waals surface area contributed by atoms with E-state index in [0.717, 1.165) is 5.69 Å². The molecular weight excluding hydrogens is 168 g/mol. The molecule has 1 unspecified atom stereocenters. The number of aliphatic hydroxyl groups is 1. The van der Waals surface area contributed by atoms with Crippen molar-refractivity contribution in [3.8, 4) is 0 Å². The van der Waals surface area contributed by atoms with Gasteiger partial charge in [-0.1, -0.05) is 18.2 Å². The first-order valence-corrected chi connectivity index (χ1v) is 3.87. The first-order valence-electron chi connectivity index (χ1n) is 3.87. The van der Waals surface area contributed by atoms with Gasteiger partial charge in [-0.2, -0.15) is 0 Å². The van der Waals surface area contributed by atoms with Crippen LogP contribution in [0.5, 0.6) is 0 Å². The van der Waals surface area contributed by atoms with Crippen LogP contribution in [-0.4, -0.2) is 24.0 Å². The van der Waals surface area contributed by atoms with Gasteiger partial charge in [-0.15, -0.1) is 0 Å². The fourth-order valence-electron chi connectivity index (χ4n) is 0.948. The Bertz CT molecular complexity index is 264. The number of aliphatic hydroxyl groups excluding tert-OH is 1. The lowest BCUT2D eigenvalue weighted by atomic mass is 10.3. The molecule has 1 radical (unpaired) electrons. The molecular formula is C9H11N2O2. The predicted octanol–water partition coefficient (Wildman–Crippen LogP) is -0.163. The highest BCUT2D eigenvalue weighted by atomic mass is 16.3. The fraction of sp³-hybridized carbons (Fsp3) is 0.222. The number of hydrogen-bond acceptors (Lipinski definition) is 4. The van der Waals surface area contributed by atoms with Crippen molar-refractivity contribution in [3.05, 3.63) is 30.3 Å². The third kappa shape index (κ3) is 2.85. The van der Waals surface area contributed by atoms with Crippen LogP contribution >= 0.6 is 0 Å². The van der Waals surface area contributed by atoms with E-state index < -0.39 is 6.10 Å². The topological polar surface area (TPSA) is 66.6 Å². The van der Waals surface area contributed by atoms with E-state index in [1.165, 1.54) is 11.3 Å². The molecule has 1 rings (SSSR count). The van der Waals surface area contributed by atoms with E-state index in [0.29, 0.717) is 0 Å². The molecule has 0 aliphatic carbocycles. The van der Waals surface area contributed by atoms with Gasteiger partial charge in [-0.3, -0.25) is 4.79 Å². The van der Waals surface area contributed by atoms with Gasteiger partial charge in [0.25, 0.3) is 0 Å². The highest BCUT2D eigenvalue weighted by Gasteiger charge is 2.07. The Morgan fingerprint density at radius 3 is 2.62 bits per heavy atom. The van der Waals surface area contributed by atoms with Crippen LogP contribution < -0.4 is 10.9 Å². The molecule has 1 aromatic rings. The van der Waals surface area contributed by atoms with Crippen LogP contribution in [0.25, 0.3) is 0 Å². The van der Waals surface area contributed by atoms with Gasteiger partial charge in [0.05, 0.1) is 12.2 Å². The van der Waals surface area contributed by atoms with Crippen LogP contribution in [0.1, 0.15) is 0 Å². The third-order valence-corrected chi connectivity index (χ3v) is 1.59. The molecule has 69 valence electrons. The van der Waals surface area contributed by atoms with E-state index in [1.807, 2.05) is 18.2 Å². The quantitative estimate of drug-likeness (QED) is 0.497. The summed E-state index contributed by atoms with van der Waals surface area (Å²) in [6.07, 6.45) is 0.288. The SMILES string of the molecule is NN(CC(O)[C]=O)c1ccccc1. The van der Waals surface area contributed by atoms with Gasteiger partial charge in [0, 0.05) is 0 Å². The van der Waals surface area contributed by atoms with E-state index >= 15 is 0 Å². The van der Waals surface area contributed by atoms with Crippen LogP contribution in [0.15, 0.2) is 30.3 Å². The molecule has 0 fully saturated rings. The Labute approximate surface area is 76.6 Å². The summed E-state index contributed by atoms with van der Waals surface area (Å²) in [5.74, 6) is 5.57. The van der Waals surface area contributed by atoms with Crippen molar-refractivity contribution >= 4 is 12.0 Å². The van der Waals surface area contributed by atoms with Crippen molar-refractivity contribution < 1.29 is 9.90 Å². The van der Waals surface area contributed by atoms with Crippen LogP contribution in [0.3, 0.4) is 0 Å². The number of hydrogen-bond donors (Lipinski definition) is 2. The lowest BCUT2D eigenvalue weighted by Gasteiger charge is -2.18. The van der Waals surface area contributed by atoms with Gasteiger partial charge in [0.15, 0.2) is 0 Å². The lowest BCUT2D eigenvalue weighted by Crippen LogP contribution is -2.38. The molecule has 0 saturated heterocycles. The fourth-order valence-corrected chi connectivity index (χ4v) is 0.948. The Hall–Kier alpha value is -1.39. The number of benzene rings is 1. The Morgan fingerprint density at radius 1 is 1.46 bits per heavy atom. The van der Waals surface area contributed by atoms with Crippen molar-refractivity contribution in [1.82, 2.24) is 0 Å². The lowest BCUT2D eigenvalue weighted by molar-refractivity contribution is 0.239. The molecule has 0 aliphatic heterocycles. The van der Waals surface area contributed by atoms with Crippen LogP contribution in [0.2, 0.25) is 0 Å². The minimum absolute atomic E-state index is 0.0491. The number of para-hydroxylation sites is 1. The van der Waals surface area contributed by atoms with Gasteiger partial charge in [0.2, 0.25) is 6.29 Å². The molecule has 0 saturated carbocycles. The van der Waals surface area contributed by atoms with Gasteiger partial charge in [-0.25, -0.2) is 5.84 Å². The van der Waals surface area contributed by atoms with Gasteiger partial charge in [-0.05, 0) is 12.1 Å². The summed E-state index contributed by atoms with van der Waals surface area (Å²) in [6.45, 7) is 0.0491. The summed E-state index contributed by atoms with van der Waals surface area (Å²) >= 11 is 0. The first kappa shape index (κ1) is 9.70. The number of hydrazine groups is 1. The van der Waals surface area contributed by atoms with Gasteiger partial charge < -0.3 is 10.1 Å². The largest absolute Gasteiger partial charge is 0.383 e. The standard InChI is InChI=1S/C9H11N2O2/c10-11(6-9(13)7-12)8-4-2-1-3-5-8/h1-5,9,13H,6,10H2. The molecule has 1 aromatic carbocycles. The molecule has 0 bridgehead atoms. The van der Waals surface area contributed by atoms with Crippen molar-refractivity contribution in [3.63, 3.8) is 0 Å². The normalized spacial score (nSPS) is 12.2. The second kappa shape index (κ2) is 4.59. The smallest absolute Gasteiger partial charge is 0.231 e.